The molecule has 8 nitrogen and oxygen atoms in total. The van der Waals surface area contributed by atoms with Gasteiger partial charge in [0.1, 0.15) is 11.3 Å². The van der Waals surface area contributed by atoms with Crippen molar-refractivity contribution in [3.63, 3.8) is 0 Å². The summed E-state index contributed by atoms with van der Waals surface area (Å²) in [6.45, 7) is 1.32. The molecular weight excluding hydrogens is 341 g/mol. The molecule has 3 heterocycles. The van der Waals surface area contributed by atoms with E-state index < -0.39 is 17.8 Å². The molecule has 3 rings (SSSR count). The van der Waals surface area contributed by atoms with E-state index in [4.69, 9.17) is 0 Å². The second kappa shape index (κ2) is 6.00. The fourth-order valence-corrected chi connectivity index (χ4v) is 2.22. The molecular formula is C14H11F3N6O2. The van der Waals surface area contributed by atoms with E-state index in [9.17, 15) is 22.8 Å². The van der Waals surface area contributed by atoms with Gasteiger partial charge in [-0.05, 0) is 13.0 Å². The average Bonchev–Trinajstić information content (AvgIpc) is 2.94. The average molecular weight is 352 g/mol. The summed E-state index contributed by atoms with van der Waals surface area (Å²) >= 11 is 0. The number of aromatic amines is 1. The van der Waals surface area contributed by atoms with Crippen LogP contribution in [-0.4, -0.2) is 30.5 Å². The van der Waals surface area contributed by atoms with Crippen molar-refractivity contribution in [3.05, 3.63) is 57.7 Å². The minimum atomic E-state index is -4.64. The van der Waals surface area contributed by atoms with Gasteiger partial charge in [-0.2, -0.15) is 18.3 Å². The molecule has 3 aromatic heterocycles. The van der Waals surface area contributed by atoms with Crippen LogP contribution < -0.4 is 10.9 Å². The first-order valence-electron chi connectivity index (χ1n) is 7.00. The Morgan fingerprint density at radius 2 is 2.12 bits per heavy atom. The van der Waals surface area contributed by atoms with Gasteiger partial charge < -0.3 is 10.3 Å². The number of fused-ring (bicyclic) bond motifs is 1. The van der Waals surface area contributed by atoms with Crippen LogP contribution in [0.15, 0.2) is 29.5 Å². The van der Waals surface area contributed by atoms with Gasteiger partial charge in [0.25, 0.3) is 11.5 Å². The zero-order valence-electron chi connectivity index (χ0n) is 12.8. The normalized spacial score (nSPS) is 11.7. The second-order valence-electron chi connectivity index (χ2n) is 5.16. The van der Waals surface area contributed by atoms with E-state index in [1.807, 2.05) is 0 Å². The number of aromatic nitrogens is 5. The Labute approximate surface area is 137 Å². The Kier molecular flexibility index (Phi) is 3.99. The Morgan fingerprint density at radius 1 is 1.36 bits per heavy atom. The highest BCUT2D eigenvalue weighted by atomic mass is 19.4. The van der Waals surface area contributed by atoms with Crippen LogP contribution >= 0.6 is 0 Å². The number of aryl methyl sites for hydroxylation is 1. The summed E-state index contributed by atoms with van der Waals surface area (Å²) in [4.78, 5) is 33.6. The molecule has 0 spiro atoms. The fraction of sp³-hybridized carbons (Fsp3) is 0.214. The highest BCUT2D eigenvalue weighted by molar-refractivity contribution is 5.99. The maximum Gasteiger partial charge on any atom is 0.433 e. The fourth-order valence-electron chi connectivity index (χ4n) is 2.22. The quantitative estimate of drug-likeness (QED) is 0.734. The predicted molar refractivity (Wildman–Crippen MR) is 78.8 cm³/mol. The van der Waals surface area contributed by atoms with E-state index in [0.29, 0.717) is 10.2 Å². The van der Waals surface area contributed by atoms with Crippen molar-refractivity contribution in [2.45, 2.75) is 19.6 Å². The van der Waals surface area contributed by atoms with Crippen molar-refractivity contribution >= 4 is 11.6 Å². The molecule has 0 bridgehead atoms. The molecule has 1 amide bonds. The molecule has 11 heteroatoms. The number of amides is 1. The molecule has 0 fully saturated rings. The summed E-state index contributed by atoms with van der Waals surface area (Å²) in [5.41, 5.74) is -1.32. The standard InChI is InChI=1S/C14H11F3N6O2/c1-7-2-10(14(15,16)17)23-12(22-7)9(5-21-23)13(25)18-4-8-3-11(24)20-6-19-8/h2-3,5-6H,4H2,1H3,(H,18,25)(H,19,20,24). The van der Waals surface area contributed by atoms with Gasteiger partial charge in [0.15, 0.2) is 5.65 Å². The van der Waals surface area contributed by atoms with Crippen molar-refractivity contribution in [1.82, 2.24) is 29.9 Å². The third kappa shape index (κ3) is 3.34. The summed E-state index contributed by atoms with van der Waals surface area (Å²) in [6, 6.07) is 2.04. The number of carbonyl (C=O) groups is 1. The SMILES string of the molecule is Cc1cc(C(F)(F)F)n2ncc(C(=O)NCc3cc(=O)[nH]cn3)c2n1. The van der Waals surface area contributed by atoms with E-state index >= 15 is 0 Å². The number of rotatable bonds is 3. The molecule has 130 valence electrons. The van der Waals surface area contributed by atoms with E-state index in [1.54, 1.807) is 0 Å². The van der Waals surface area contributed by atoms with E-state index in [-0.39, 0.29) is 29.0 Å². The van der Waals surface area contributed by atoms with Gasteiger partial charge >= 0.3 is 6.18 Å². The molecule has 0 radical (unpaired) electrons. The Hall–Kier alpha value is -3.24. The molecule has 2 N–H and O–H groups in total. The maximum atomic E-state index is 13.1. The minimum absolute atomic E-state index is 0.0714. The van der Waals surface area contributed by atoms with E-state index in [2.05, 4.69) is 25.4 Å². The van der Waals surface area contributed by atoms with E-state index in [0.717, 1.165) is 12.3 Å². The van der Waals surface area contributed by atoms with Gasteiger partial charge in [-0.3, -0.25) is 9.59 Å². The first-order valence-corrected chi connectivity index (χ1v) is 7.00. The van der Waals surface area contributed by atoms with Crippen molar-refractivity contribution in [2.24, 2.45) is 0 Å². The molecule has 3 aromatic rings. The van der Waals surface area contributed by atoms with Crippen LogP contribution in [-0.2, 0) is 12.7 Å². The lowest BCUT2D eigenvalue weighted by atomic mass is 10.2. The van der Waals surface area contributed by atoms with Crippen molar-refractivity contribution in [2.75, 3.05) is 0 Å². The van der Waals surface area contributed by atoms with Gasteiger partial charge in [0.2, 0.25) is 0 Å². The van der Waals surface area contributed by atoms with Crippen LogP contribution in [0.25, 0.3) is 5.65 Å². The van der Waals surface area contributed by atoms with E-state index in [1.165, 1.54) is 19.3 Å². The topological polar surface area (TPSA) is 105 Å². The third-order valence-corrected chi connectivity index (χ3v) is 3.30. The number of halogens is 3. The highest BCUT2D eigenvalue weighted by Gasteiger charge is 2.35. The molecule has 0 aromatic carbocycles. The lowest BCUT2D eigenvalue weighted by Gasteiger charge is -2.10. The zero-order valence-corrected chi connectivity index (χ0v) is 12.8. The molecule has 0 saturated heterocycles. The summed E-state index contributed by atoms with van der Waals surface area (Å²) in [5.74, 6) is -0.677. The number of nitrogens with zero attached hydrogens (tertiary/aromatic N) is 4. The summed E-state index contributed by atoms with van der Waals surface area (Å²) < 4.78 is 39.8. The second-order valence-corrected chi connectivity index (χ2v) is 5.16. The van der Waals surface area contributed by atoms with Gasteiger partial charge in [-0.25, -0.2) is 14.5 Å². The number of carbonyl (C=O) groups excluding carboxylic acids is 1. The van der Waals surface area contributed by atoms with Gasteiger partial charge in [0.05, 0.1) is 24.8 Å². The summed E-state index contributed by atoms with van der Waals surface area (Å²) in [5, 5.41) is 6.09. The Bertz CT molecular complexity index is 1010. The Balaban J connectivity index is 1.92. The van der Waals surface area contributed by atoms with Crippen LogP contribution in [0.5, 0.6) is 0 Å². The molecule has 0 aliphatic heterocycles. The van der Waals surface area contributed by atoms with Gasteiger partial charge in [-0.15, -0.1) is 0 Å². The van der Waals surface area contributed by atoms with Gasteiger partial charge in [0, 0.05) is 11.8 Å². The predicted octanol–water partition coefficient (Wildman–Crippen LogP) is 1.07. The molecule has 0 atom stereocenters. The monoisotopic (exact) mass is 352 g/mol. The molecule has 0 unspecified atom stereocenters. The van der Waals surface area contributed by atoms with Crippen LogP contribution in [0, 0.1) is 6.92 Å². The zero-order chi connectivity index (χ0) is 18.2. The number of nitrogens with one attached hydrogen (secondary N) is 2. The first-order chi connectivity index (χ1) is 11.8. The molecule has 0 aliphatic carbocycles. The summed E-state index contributed by atoms with van der Waals surface area (Å²) in [6.07, 6.45) is -2.45. The highest BCUT2D eigenvalue weighted by Crippen LogP contribution is 2.30. The Morgan fingerprint density at radius 3 is 2.80 bits per heavy atom. The largest absolute Gasteiger partial charge is 0.433 e. The number of H-pyrrole nitrogens is 1. The summed E-state index contributed by atoms with van der Waals surface area (Å²) in [7, 11) is 0. The lowest BCUT2D eigenvalue weighted by molar-refractivity contribution is -0.142. The van der Waals surface area contributed by atoms with Crippen molar-refractivity contribution < 1.29 is 18.0 Å². The van der Waals surface area contributed by atoms with Crippen LogP contribution in [0.4, 0.5) is 13.2 Å². The van der Waals surface area contributed by atoms with Crippen LogP contribution in [0.2, 0.25) is 0 Å². The number of hydrogen-bond donors (Lipinski definition) is 2. The lowest BCUT2D eigenvalue weighted by Crippen LogP contribution is -2.24. The minimum Gasteiger partial charge on any atom is -0.346 e. The smallest absolute Gasteiger partial charge is 0.346 e. The molecule has 0 aliphatic rings. The van der Waals surface area contributed by atoms with Gasteiger partial charge in [-0.1, -0.05) is 0 Å². The molecule has 0 saturated carbocycles. The first kappa shape index (κ1) is 16.6. The number of alkyl halides is 3. The third-order valence-electron chi connectivity index (χ3n) is 3.30. The maximum absolute atomic E-state index is 13.1. The van der Waals surface area contributed by atoms with Crippen LogP contribution in [0.1, 0.15) is 27.4 Å². The van der Waals surface area contributed by atoms with Crippen molar-refractivity contribution in [1.29, 1.82) is 0 Å². The number of hydrogen-bond acceptors (Lipinski definition) is 5. The van der Waals surface area contributed by atoms with Crippen LogP contribution in [0.3, 0.4) is 0 Å². The molecule has 25 heavy (non-hydrogen) atoms. The van der Waals surface area contributed by atoms with Crippen molar-refractivity contribution in [3.8, 4) is 0 Å².